The lowest BCUT2D eigenvalue weighted by Gasteiger charge is -2.03. The van der Waals surface area contributed by atoms with Crippen LogP contribution in [0.5, 0.6) is 0 Å². The summed E-state index contributed by atoms with van der Waals surface area (Å²) in [5, 5.41) is 3.65. The number of nitrogens with zero attached hydrogens (tertiary/aromatic N) is 1. The molecule has 6 heteroatoms. The minimum absolute atomic E-state index is 0.101. The van der Waals surface area contributed by atoms with E-state index in [0.717, 1.165) is 0 Å². The van der Waals surface area contributed by atoms with Crippen LogP contribution in [0.3, 0.4) is 0 Å². The van der Waals surface area contributed by atoms with E-state index in [9.17, 15) is 13.2 Å². The zero-order valence-corrected chi connectivity index (χ0v) is 9.70. The van der Waals surface area contributed by atoms with Gasteiger partial charge < -0.3 is 0 Å². The van der Waals surface area contributed by atoms with Gasteiger partial charge in [0.1, 0.15) is 0 Å². The standard InChI is InChI=1S/C11H10N2O3S/c1-8-10(12-13-11(8)14)7-17(15,16)9-5-3-2-4-6-9/h2-6H,1,7H2,(H,13,14). The van der Waals surface area contributed by atoms with Crippen LogP contribution in [0.2, 0.25) is 0 Å². The third-order valence-electron chi connectivity index (χ3n) is 2.34. The molecule has 0 saturated carbocycles. The van der Waals surface area contributed by atoms with Gasteiger partial charge in [0.25, 0.3) is 5.91 Å². The van der Waals surface area contributed by atoms with Gasteiger partial charge in [0.05, 0.1) is 21.9 Å². The molecule has 0 unspecified atom stereocenters. The summed E-state index contributed by atoms with van der Waals surface area (Å²) in [4.78, 5) is 11.3. The molecule has 0 radical (unpaired) electrons. The molecule has 0 spiro atoms. The molecule has 1 aromatic carbocycles. The molecule has 1 N–H and O–H groups in total. The fourth-order valence-corrected chi connectivity index (χ4v) is 2.73. The molecule has 0 aliphatic carbocycles. The summed E-state index contributed by atoms with van der Waals surface area (Å²) < 4.78 is 24.0. The quantitative estimate of drug-likeness (QED) is 0.794. The molecule has 1 aromatic rings. The summed E-state index contributed by atoms with van der Waals surface area (Å²) in [7, 11) is -3.48. The van der Waals surface area contributed by atoms with E-state index in [4.69, 9.17) is 0 Å². The summed E-state index contributed by atoms with van der Waals surface area (Å²) in [6, 6.07) is 8.02. The van der Waals surface area contributed by atoms with E-state index in [1.807, 2.05) is 0 Å². The molecule has 0 bridgehead atoms. The molecule has 0 saturated heterocycles. The monoisotopic (exact) mass is 250 g/mol. The number of sulfone groups is 1. The van der Waals surface area contributed by atoms with Crippen LogP contribution in [0, 0.1) is 0 Å². The predicted octanol–water partition coefficient (Wildman–Crippen LogP) is 0.502. The number of amides is 1. The van der Waals surface area contributed by atoms with Gasteiger partial charge in [-0.25, -0.2) is 13.8 Å². The summed E-state index contributed by atoms with van der Waals surface area (Å²) in [6.07, 6.45) is 0. The normalized spacial score (nSPS) is 15.6. The number of nitrogens with one attached hydrogen (secondary N) is 1. The molecule has 88 valence electrons. The highest BCUT2D eigenvalue weighted by atomic mass is 32.2. The second-order valence-electron chi connectivity index (χ2n) is 3.55. The molecule has 1 aliphatic rings. The van der Waals surface area contributed by atoms with E-state index in [2.05, 4.69) is 17.1 Å². The molecule has 2 rings (SSSR count). The summed E-state index contributed by atoms with van der Waals surface area (Å²) in [6.45, 7) is 3.49. The zero-order chi connectivity index (χ0) is 12.5. The fourth-order valence-electron chi connectivity index (χ4n) is 1.39. The Balaban J connectivity index is 2.26. The van der Waals surface area contributed by atoms with Crippen molar-refractivity contribution in [2.75, 3.05) is 5.75 Å². The van der Waals surface area contributed by atoms with Crippen molar-refractivity contribution in [3.8, 4) is 0 Å². The number of hydrazone groups is 1. The van der Waals surface area contributed by atoms with Crippen LogP contribution in [0.25, 0.3) is 0 Å². The molecule has 1 heterocycles. The summed E-state index contributed by atoms with van der Waals surface area (Å²) in [5.41, 5.74) is 2.45. The van der Waals surface area contributed by atoms with E-state index in [1.165, 1.54) is 12.1 Å². The van der Waals surface area contributed by atoms with Crippen LogP contribution in [0.1, 0.15) is 0 Å². The van der Waals surface area contributed by atoms with Gasteiger partial charge in [-0.2, -0.15) is 5.10 Å². The fraction of sp³-hybridized carbons (Fsp3) is 0.0909. The number of hydrogen-bond donors (Lipinski definition) is 1. The van der Waals surface area contributed by atoms with Crippen LogP contribution < -0.4 is 5.43 Å². The molecular formula is C11H10N2O3S. The maximum Gasteiger partial charge on any atom is 0.272 e. The number of carbonyl (C=O) groups excluding carboxylic acids is 1. The van der Waals surface area contributed by atoms with E-state index in [-0.39, 0.29) is 21.9 Å². The highest BCUT2D eigenvalue weighted by molar-refractivity contribution is 7.92. The van der Waals surface area contributed by atoms with E-state index >= 15 is 0 Å². The minimum atomic E-state index is -3.48. The Morgan fingerprint density at radius 1 is 1.24 bits per heavy atom. The van der Waals surface area contributed by atoms with Crippen LogP contribution in [-0.4, -0.2) is 25.8 Å². The van der Waals surface area contributed by atoms with E-state index < -0.39 is 15.7 Å². The zero-order valence-electron chi connectivity index (χ0n) is 8.88. The highest BCUT2D eigenvalue weighted by Gasteiger charge is 2.26. The largest absolute Gasteiger partial charge is 0.272 e. The Bertz CT molecular complexity index is 603. The van der Waals surface area contributed by atoms with Gasteiger partial charge in [0.15, 0.2) is 9.84 Å². The number of hydrogen-bond acceptors (Lipinski definition) is 4. The topological polar surface area (TPSA) is 75.6 Å². The minimum Gasteiger partial charge on any atom is -0.267 e. The van der Waals surface area contributed by atoms with Crippen molar-refractivity contribution in [2.45, 2.75) is 4.90 Å². The average Bonchev–Trinajstić information content (AvgIpc) is 2.62. The first-order valence-corrected chi connectivity index (χ1v) is 6.50. The molecule has 5 nitrogen and oxygen atoms in total. The van der Waals surface area contributed by atoms with Crippen LogP contribution in [-0.2, 0) is 14.6 Å². The SMILES string of the molecule is C=C1C(=O)NN=C1CS(=O)(=O)c1ccccc1. The lowest BCUT2D eigenvalue weighted by Crippen LogP contribution is -2.18. The van der Waals surface area contributed by atoms with Crippen LogP contribution in [0.15, 0.2) is 52.5 Å². The van der Waals surface area contributed by atoms with Crippen molar-refractivity contribution < 1.29 is 13.2 Å². The van der Waals surface area contributed by atoms with Crippen molar-refractivity contribution in [3.63, 3.8) is 0 Å². The highest BCUT2D eigenvalue weighted by Crippen LogP contribution is 2.13. The number of rotatable bonds is 3. The van der Waals surface area contributed by atoms with Gasteiger partial charge >= 0.3 is 0 Å². The lowest BCUT2D eigenvalue weighted by atomic mass is 10.2. The Hall–Kier alpha value is -1.95. The molecular weight excluding hydrogens is 240 g/mol. The van der Waals surface area contributed by atoms with Crippen LogP contribution >= 0.6 is 0 Å². The Labute approximate surface area is 98.8 Å². The second kappa shape index (κ2) is 4.14. The Kier molecular flexibility index (Phi) is 2.81. The Morgan fingerprint density at radius 3 is 2.41 bits per heavy atom. The summed E-state index contributed by atoms with van der Waals surface area (Å²) in [5.74, 6) is -0.780. The van der Waals surface area contributed by atoms with Gasteiger partial charge in [0, 0.05) is 0 Å². The smallest absolute Gasteiger partial charge is 0.267 e. The number of benzene rings is 1. The molecule has 17 heavy (non-hydrogen) atoms. The molecule has 0 atom stereocenters. The molecule has 0 fully saturated rings. The third-order valence-corrected chi connectivity index (χ3v) is 3.99. The van der Waals surface area contributed by atoms with Crippen molar-refractivity contribution in [1.29, 1.82) is 0 Å². The van der Waals surface area contributed by atoms with Gasteiger partial charge in [-0.15, -0.1) is 0 Å². The van der Waals surface area contributed by atoms with E-state index in [0.29, 0.717) is 0 Å². The lowest BCUT2D eigenvalue weighted by molar-refractivity contribution is -0.116. The average molecular weight is 250 g/mol. The maximum atomic E-state index is 12.0. The maximum absolute atomic E-state index is 12.0. The number of carbonyl (C=O) groups is 1. The second-order valence-corrected chi connectivity index (χ2v) is 5.54. The predicted molar refractivity (Wildman–Crippen MR) is 63.2 cm³/mol. The molecule has 0 aromatic heterocycles. The van der Waals surface area contributed by atoms with Crippen LogP contribution in [0.4, 0.5) is 0 Å². The van der Waals surface area contributed by atoms with Crippen molar-refractivity contribution >= 4 is 21.5 Å². The van der Waals surface area contributed by atoms with Crippen molar-refractivity contribution in [3.05, 3.63) is 42.5 Å². The summed E-state index contributed by atoms with van der Waals surface area (Å²) >= 11 is 0. The van der Waals surface area contributed by atoms with Gasteiger partial charge in [-0.3, -0.25) is 4.79 Å². The molecule has 1 aliphatic heterocycles. The van der Waals surface area contributed by atoms with Gasteiger partial charge in [-0.1, -0.05) is 24.8 Å². The molecule has 1 amide bonds. The van der Waals surface area contributed by atoms with Crippen molar-refractivity contribution in [2.24, 2.45) is 5.10 Å². The first-order chi connectivity index (χ1) is 8.00. The van der Waals surface area contributed by atoms with Gasteiger partial charge in [0.2, 0.25) is 0 Å². The van der Waals surface area contributed by atoms with E-state index in [1.54, 1.807) is 18.2 Å². The first kappa shape index (κ1) is 11.5. The Morgan fingerprint density at radius 2 is 1.88 bits per heavy atom. The van der Waals surface area contributed by atoms with Gasteiger partial charge in [-0.05, 0) is 12.1 Å². The van der Waals surface area contributed by atoms with Crippen molar-refractivity contribution in [1.82, 2.24) is 5.43 Å². The first-order valence-electron chi connectivity index (χ1n) is 4.85. The third kappa shape index (κ3) is 2.26.